The monoisotopic (exact) mass is 326 g/mol. The van der Waals surface area contributed by atoms with Gasteiger partial charge in [-0.2, -0.15) is 0 Å². The van der Waals surface area contributed by atoms with Gasteiger partial charge in [0.2, 0.25) is 0 Å². The summed E-state index contributed by atoms with van der Waals surface area (Å²) in [5, 5.41) is 4.14. The van der Waals surface area contributed by atoms with Gasteiger partial charge in [-0.05, 0) is 49.5 Å². The van der Waals surface area contributed by atoms with Crippen LogP contribution >= 0.6 is 12.2 Å². The van der Waals surface area contributed by atoms with E-state index in [0.717, 1.165) is 23.6 Å². The normalized spacial score (nSPS) is 25.2. The van der Waals surface area contributed by atoms with Crippen molar-refractivity contribution < 1.29 is 9.47 Å². The Labute approximate surface area is 141 Å². The molecule has 0 saturated carbocycles. The quantitative estimate of drug-likeness (QED) is 0.852. The van der Waals surface area contributed by atoms with Crippen molar-refractivity contribution in [1.82, 2.24) is 5.32 Å². The van der Waals surface area contributed by atoms with Gasteiger partial charge in [-0.15, -0.1) is 0 Å². The maximum Gasteiger partial charge on any atom is 0.188 e. The number of methoxy groups -OCH3 is 1. The summed E-state index contributed by atoms with van der Waals surface area (Å²) >= 11 is 5.63. The molecule has 5 heteroatoms. The summed E-state index contributed by atoms with van der Waals surface area (Å²) in [7, 11) is 1.66. The van der Waals surface area contributed by atoms with E-state index in [0.29, 0.717) is 5.11 Å². The molecule has 118 valence electrons. The molecule has 2 aromatic rings. The number of para-hydroxylation sites is 1. The van der Waals surface area contributed by atoms with Crippen LogP contribution in [-0.4, -0.2) is 17.9 Å². The molecule has 0 unspecified atom stereocenters. The van der Waals surface area contributed by atoms with E-state index in [4.69, 9.17) is 21.7 Å². The summed E-state index contributed by atoms with van der Waals surface area (Å²) in [5.41, 5.74) is 1.65. The van der Waals surface area contributed by atoms with E-state index in [9.17, 15) is 0 Å². The Kier molecular flexibility index (Phi) is 3.20. The van der Waals surface area contributed by atoms with Crippen LogP contribution in [0.4, 0.5) is 5.69 Å². The van der Waals surface area contributed by atoms with Gasteiger partial charge in [0, 0.05) is 17.7 Å². The van der Waals surface area contributed by atoms with Gasteiger partial charge in [0.1, 0.15) is 11.5 Å². The molecule has 0 aromatic heterocycles. The van der Waals surface area contributed by atoms with Crippen molar-refractivity contribution in [3.63, 3.8) is 0 Å². The first-order valence-electron chi connectivity index (χ1n) is 7.63. The van der Waals surface area contributed by atoms with Crippen molar-refractivity contribution in [2.24, 2.45) is 0 Å². The topological polar surface area (TPSA) is 33.7 Å². The van der Waals surface area contributed by atoms with Crippen molar-refractivity contribution in [3.05, 3.63) is 54.1 Å². The van der Waals surface area contributed by atoms with Crippen LogP contribution in [0.2, 0.25) is 0 Å². The fourth-order valence-electron chi connectivity index (χ4n) is 3.44. The van der Waals surface area contributed by atoms with E-state index in [2.05, 4.69) is 18.3 Å². The maximum atomic E-state index is 6.35. The largest absolute Gasteiger partial charge is 0.497 e. The van der Waals surface area contributed by atoms with Crippen LogP contribution in [0.1, 0.15) is 24.9 Å². The van der Waals surface area contributed by atoms with Gasteiger partial charge in [0.15, 0.2) is 10.8 Å². The van der Waals surface area contributed by atoms with E-state index >= 15 is 0 Å². The molecule has 0 amide bonds. The lowest BCUT2D eigenvalue weighted by Gasteiger charge is -2.52. The number of rotatable bonds is 2. The van der Waals surface area contributed by atoms with E-state index in [1.165, 1.54) is 5.56 Å². The first-order valence-corrected chi connectivity index (χ1v) is 8.04. The number of nitrogens with zero attached hydrogens (tertiary/aromatic N) is 1. The fraction of sp³-hybridized carbons (Fsp3) is 0.278. The highest BCUT2D eigenvalue weighted by Gasteiger charge is 2.48. The van der Waals surface area contributed by atoms with Crippen LogP contribution in [0.5, 0.6) is 11.5 Å². The summed E-state index contributed by atoms with van der Waals surface area (Å²) < 4.78 is 11.6. The highest BCUT2D eigenvalue weighted by molar-refractivity contribution is 7.80. The van der Waals surface area contributed by atoms with Crippen molar-refractivity contribution in [2.45, 2.75) is 25.1 Å². The third-order valence-corrected chi connectivity index (χ3v) is 4.81. The molecular weight excluding hydrogens is 308 g/mol. The number of hydrogen-bond donors (Lipinski definition) is 1. The van der Waals surface area contributed by atoms with Gasteiger partial charge in [-0.3, -0.25) is 4.90 Å². The summed E-state index contributed by atoms with van der Waals surface area (Å²) in [5.74, 6) is 1.74. The number of hydrogen-bond acceptors (Lipinski definition) is 3. The third-order valence-electron chi connectivity index (χ3n) is 4.51. The highest BCUT2D eigenvalue weighted by atomic mass is 32.1. The van der Waals surface area contributed by atoms with Crippen LogP contribution in [0.25, 0.3) is 0 Å². The van der Waals surface area contributed by atoms with Gasteiger partial charge < -0.3 is 14.8 Å². The minimum Gasteiger partial charge on any atom is -0.497 e. The smallest absolute Gasteiger partial charge is 0.188 e. The highest BCUT2D eigenvalue weighted by Crippen LogP contribution is 2.45. The SMILES string of the molecule is COc1ccc(N2C(=S)N[C@H]3C[C@@]2(C)Oc2ccccc23)cc1. The Hall–Kier alpha value is -2.27. The van der Waals surface area contributed by atoms with Crippen LogP contribution in [-0.2, 0) is 0 Å². The summed E-state index contributed by atoms with van der Waals surface area (Å²) in [6.07, 6.45) is 0.830. The molecule has 0 spiro atoms. The van der Waals surface area contributed by atoms with Gasteiger partial charge >= 0.3 is 0 Å². The Morgan fingerprint density at radius 1 is 1.22 bits per heavy atom. The van der Waals surface area contributed by atoms with Gasteiger partial charge in [-0.25, -0.2) is 0 Å². The zero-order valence-electron chi connectivity index (χ0n) is 13.1. The van der Waals surface area contributed by atoms with Crippen LogP contribution < -0.4 is 19.7 Å². The number of benzene rings is 2. The van der Waals surface area contributed by atoms with Gasteiger partial charge in [-0.1, -0.05) is 18.2 Å². The Balaban J connectivity index is 1.76. The molecule has 1 saturated heterocycles. The molecule has 2 aliphatic heterocycles. The predicted octanol–water partition coefficient (Wildman–Crippen LogP) is 3.63. The molecule has 2 heterocycles. The predicted molar refractivity (Wildman–Crippen MR) is 94.0 cm³/mol. The lowest BCUT2D eigenvalue weighted by Crippen LogP contribution is -2.65. The fourth-order valence-corrected chi connectivity index (χ4v) is 3.89. The molecule has 4 rings (SSSR count). The first-order chi connectivity index (χ1) is 11.1. The molecule has 0 radical (unpaired) electrons. The van der Waals surface area contributed by atoms with Crippen LogP contribution in [0.15, 0.2) is 48.5 Å². The van der Waals surface area contributed by atoms with Crippen molar-refractivity contribution >= 4 is 23.0 Å². The second kappa shape index (κ2) is 5.13. The Morgan fingerprint density at radius 3 is 2.70 bits per heavy atom. The molecule has 2 aliphatic rings. The van der Waals surface area contributed by atoms with Gasteiger partial charge in [0.25, 0.3) is 0 Å². The minimum absolute atomic E-state index is 0.187. The maximum absolute atomic E-state index is 6.35. The van der Waals surface area contributed by atoms with Crippen molar-refractivity contribution in [1.29, 1.82) is 0 Å². The zero-order chi connectivity index (χ0) is 16.0. The molecule has 1 fully saturated rings. The second-order valence-corrected chi connectivity index (χ2v) is 6.44. The van der Waals surface area contributed by atoms with E-state index in [-0.39, 0.29) is 6.04 Å². The standard InChI is InChI=1S/C18H18N2O2S/c1-18-11-15(14-5-3-4-6-16(14)22-18)19-17(23)20(18)12-7-9-13(21-2)10-8-12/h3-10,15H,11H2,1-2H3,(H,19,23)/t15-,18+/m0/s1. The number of ether oxygens (including phenoxy) is 2. The van der Waals surface area contributed by atoms with Crippen molar-refractivity contribution in [2.75, 3.05) is 12.0 Å². The molecule has 2 atom stereocenters. The molecule has 0 aliphatic carbocycles. The summed E-state index contributed by atoms with van der Waals surface area (Å²) in [4.78, 5) is 2.05. The lowest BCUT2D eigenvalue weighted by molar-refractivity contribution is 0.0498. The lowest BCUT2D eigenvalue weighted by atomic mass is 9.90. The van der Waals surface area contributed by atoms with E-state index < -0.39 is 5.72 Å². The number of thiocarbonyl (C=S) groups is 1. The van der Waals surface area contributed by atoms with E-state index in [1.807, 2.05) is 47.4 Å². The van der Waals surface area contributed by atoms with Crippen LogP contribution in [0.3, 0.4) is 0 Å². The zero-order valence-corrected chi connectivity index (χ0v) is 13.9. The minimum atomic E-state index is -0.504. The summed E-state index contributed by atoms with van der Waals surface area (Å²) in [6, 6.07) is 16.2. The number of anilines is 1. The Bertz CT molecular complexity index is 762. The van der Waals surface area contributed by atoms with E-state index in [1.54, 1.807) is 7.11 Å². The van der Waals surface area contributed by atoms with Crippen molar-refractivity contribution in [3.8, 4) is 11.5 Å². The average molecular weight is 326 g/mol. The third kappa shape index (κ3) is 2.23. The van der Waals surface area contributed by atoms with Gasteiger partial charge in [0.05, 0.1) is 13.2 Å². The molecule has 2 bridgehead atoms. The Morgan fingerprint density at radius 2 is 1.96 bits per heavy atom. The molecule has 1 N–H and O–H groups in total. The molecule has 2 aromatic carbocycles. The molecular formula is C18H18N2O2S. The number of fused-ring (bicyclic) bond motifs is 4. The summed E-state index contributed by atoms with van der Waals surface area (Å²) in [6.45, 7) is 2.09. The first kappa shape index (κ1) is 14.3. The van der Waals surface area contributed by atoms with Crippen LogP contribution in [0, 0.1) is 0 Å². The number of nitrogens with one attached hydrogen (secondary N) is 1. The molecule has 4 nitrogen and oxygen atoms in total. The average Bonchev–Trinajstić information content (AvgIpc) is 2.54. The second-order valence-electron chi connectivity index (χ2n) is 6.05. The molecule has 23 heavy (non-hydrogen) atoms.